The standard InChI is InChI=1S/C26H30FN11O3/c27-18-14-17(40-13-5-30-21(39)15-28)3-4-19(18)36-9-6-35(7-10-36)8-11-37-16-31-22-24(37)33-26(29)38-25(22)32-23(34-38)20-2-1-12-41-20/h1-4,12,14,16H,5-11,13,15,28H2,(H2,29,33)(H,30,39). The minimum atomic E-state index is -0.342. The van der Waals surface area contributed by atoms with Crippen LogP contribution in [-0.4, -0.2) is 92.4 Å². The number of halogens is 1. The first-order valence-electron chi connectivity index (χ1n) is 13.3. The summed E-state index contributed by atoms with van der Waals surface area (Å²) in [6.45, 7) is 4.82. The Labute approximate surface area is 233 Å². The monoisotopic (exact) mass is 563 g/mol. The average molecular weight is 564 g/mol. The molecule has 41 heavy (non-hydrogen) atoms. The number of ether oxygens (including phenoxy) is 1. The molecule has 214 valence electrons. The summed E-state index contributed by atoms with van der Waals surface area (Å²) in [5.41, 5.74) is 13.8. The van der Waals surface area contributed by atoms with Gasteiger partial charge in [-0.2, -0.15) is 9.50 Å². The molecule has 0 unspecified atom stereocenters. The first-order valence-corrected chi connectivity index (χ1v) is 13.3. The van der Waals surface area contributed by atoms with E-state index in [2.05, 4.69) is 30.3 Å². The van der Waals surface area contributed by atoms with Crippen molar-refractivity contribution in [2.75, 3.05) is 63.1 Å². The number of rotatable bonds is 10. The molecule has 1 fully saturated rings. The van der Waals surface area contributed by atoms with E-state index >= 15 is 0 Å². The number of fused-ring (bicyclic) bond motifs is 3. The summed E-state index contributed by atoms with van der Waals surface area (Å²) in [7, 11) is 0. The SMILES string of the molecule is NCC(=O)NCCOc1ccc(N2CCN(CCn3cnc4c3nc(N)n3nc(-c5ccco5)nc43)CC2)c(F)c1. The molecule has 14 nitrogen and oxygen atoms in total. The van der Waals surface area contributed by atoms with Gasteiger partial charge >= 0.3 is 0 Å². The molecule has 1 amide bonds. The second kappa shape index (κ2) is 11.4. The number of nitrogens with two attached hydrogens (primary N) is 2. The molecule has 15 heteroatoms. The Morgan fingerprint density at radius 2 is 1.98 bits per heavy atom. The minimum Gasteiger partial charge on any atom is -0.492 e. The summed E-state index contributed by atoms with van der Waals surface area (Å²) in [5.74, 6) is 0.969. The Morgan fingerprint density at radius 1 is 1.12 bits per heavy atom. The second-order valence-electron chi connectivity index (χ2n) is 9.57. The van der Waals surface area contributed by atoms with Crippen molar-refractivity contribution in [2.24, 2.45) is 5.73 Å². The van der Waals surface area contributed by atoms with Gasteiger partial charge in [0.2, 0.25) is 17.7 Å². The van der Waals surface area contributed by atoms with Crippen LogP contribution in [0.15, 0.2) is 47.3 Å². The molecular formula is C26H30FN11O3. The molecule has 0 atom stereocenters. The van der Waals surface area contributed by atoms with Crippen molar-refractivity contribution in [3.63, 3.8) is 0 Å². The van der Waals surface area contributed by atoms with Crippen LogP contribution >= 0.6 is 0 Å². The van der Waals surface area contributed by atoms with Crippen molar-refractivity contribution in [3.8, 4) is 17.3 Å². The summed E-state index contributed by atoms with van der Waals surface area (Å²) in [4.78, 5) is 29.2. The number of carbonyl (C=O) groups excluding carboxylic acids is 1. The first-order chi connectivity index (χ1) is 20.0. The Morgan fingerprint density at radius 3 is 2.73 bits per heavy atom. The molecule has 5 N–H and O–H groups in total. The molecule has 1 saturated heterocycles. The van der Waals surface area contributed by atoms with Gasteiger partial charge < -0.3 is 35.4 Å². The fourth-order valence-electron chi connectivity index (χ4n) is 4.83. The number of amides is 1. The lowest BCUT2D eigenvalue weighted by molar-refractivity contribution is -0.119. The van der Waals surface area contributed by atoms with Crippen LogP contribution in [0.3, 0.4) is 0 Å². The zero-order chi connectivity index (χ0) is 28.3. The van der Waals surface area contributed by atoms with Crippen LogP contribution in [0.1, 0.15) is 0 Å². The Hall–Kier alpha value is -4.76. The highest BCUT2D eigenvalue weighted by Crippen LogP contribution is 2.26. The summed E-state index contributed by atoms with van der Waals surface area (Å²) < 4.78 is 29.2. The van der Waals surface area contributed by atoms with Gasteiger partial charge in [0.15, 0.2) is 22.6 Å². The molecule has 0 radical (unpaired) electrons. The Balaban J connectivity index is 1.04. The van der Waals surface area contributed by atoms with E-state index in [1.807, 2.05) is 9.47 Å². The third kappa shape index (κ3) is 5.49. The quantitative estimate of drug-likeness (QED) is 0.205. The fourth-order valence-corrected chi connectivity index (χ4v) is 4.83. The van der Waals surface area contributed by atoms with Gasteiger partial charge in [0.1, 0.15) is 18.2 Å². The van der Waals surface area contributed by atoms with Crippen LogP contribution < -0.4 is 26.4 Å². The summed E-state index contributed by atoms with van der Waals surface area (Å²) in [5, 5.41) is 7.02. The molecule has 0 spiro atoms. The number of benzene rings is 1. The lowest BCUT2D eigenvalue weighted by Crippen LogP contribution is -2.47. The van der Waals surface area contributed by atoms with Crippen LogP contribution in [-0.2, 0) is 11.3 Å². The maximum atomic E-state index is 14.9. The largest absolute Gasteiger partial charge is 0.492 e. The van der Waals surface area contributed by atoms with E-state index in [1.54, 1.807) is 36.9 Å². The van der Waals surface area contributed by atoms with Crippen LogP contribution in [0.25, 0.3) is 28.4 Å². The molecule has 0 saturated carbocycles. The van der Waals surface area contributed by atoms with Crippen molar-refractivity contribution >= 4 is 34.4 Å². The van der Waals surface area contributed by atoms with Crippen LogP contribution in [0.2, 0.25) is 0 Å². The topological polar surface area (TPSA) is 171 Å². The molecule has 1 aliphatic rings. The number of hydrogen-bond acceptors (Lipinski definition) is 11. The Bertz CT molecular complexity index is 1660. The van der Waals surface area contributed by atoms with Crippen LogP contribution in [0.5, 0.6) is 5.75 Å². The van der Waals surface area contributed by atoms with Gasteiger partial charge in [-0.05, 0) is 24.3 Å². The number of nitrogens with one attached hydrogen (secondary N) is 1. The third-order valence-corrected chi connectivity index (χ3v) is 6.98. The normalized spacial score (nSPS) is 14.2. The van der Waals surface area contributed by atoms with Crippen molar-refractivity contribution in [2.45, 2.75) is 6.54 Å². The summed E-state index contributed by atoms with van der Waals surface area (Å²) >= 11 is 0. The highest BCUT2D eigenvalue weighted by atomic mass is 19.1. The number of imidazole rings is 1. The number of piperazine rings is 1. The summed E-state index contributed by atoms with van der Waals surface area (Å²) in [6, 6.07) is 8.39. The zero-order valence-electron chi connectivity index (χ0n) is 22.2. The molecule has 0 bridgehead atoms. The number of anilines is 2. The molecule has 0 aliphatic carbocycles. The van der Waals surface area contributed by atoms with Crippen molar-refractivity contribution in [3.05, 3.63) is 48.7 Å². The molecule has 1 aliphatic heterocycles. The fraction of sp³-hybridized carbons (Fsp3) is 0.346. The number of aromatic nitrogens is 6. The molecule has 6 rings (SSSR count). The van der Waals surface area contributed by atoms with Crippen LogP contribution in [0, 0.1) is 5.82 Å². The lowest BCUT2D eigenvalue weighted by atomic mass is 10.2. The van der Waals surface area contributed by atoms with Crippen LogP contribution in [0.4, 0.5) is 16.0 Å². The second-order valence-corrected chi connectivity index (χ2v) is 9.57. The number of furan rings is 1. The van der Waals surface area contributed by atoms with E-state index in [-0.39, 0.29) is 30.8 Å². The van der Waals surface area contributed by atoms with E-state index in [4.69, 9.17) is 20.6 Å². The van der Waals surface area contributed by atoms with Gasteiger partial charge in [0.25, 0.3) is 0 Å². The van der Waals surface area contributed by atoms with Gasteiger partial charge in [0, 0.05) is 45.3 Å². The number of carbonyl (C=O) groups is 1. The minimum absolute atomic E-state index is 0.0783. The Kier molecular flexibility index (Phi) is 7.35. The zero-order valence-corrected chi connectivity index (χ0v) is 22.2. The highest BCUT2D eigenvalue weighted by Gasteiger charge is 2.21. The van der Waals surface area contributed by atoms with Crippen molar-refractivity contribution in [1.29, 1.82) is 0 Å². The predicted octanol–water partition coefficient (Wildman–Crippen LogP) is 0.731. The van der Waals surface area contributed by atoms with Crippen molar-refractivity contribution < 1.29 is 18.3 Å². The number of nitrogens with zero attached hydrogens (tertiary/aromatic N) is 8. The lowest BCUT2D eigenvalue weighted by Gasteiger charge is -2.36. The van der Waals surface area contributed by atoms with E-state index in [0.717, 1.165) is 19.6 Å². The predicted molar refractivity (Wildman–Crippen MR) is 149 cm³/mol. The van der Waals surface area contributed by atoms with E-state index in [0.29, 0.717) is 66.0 Å². The highest BCUT2D eigenvalue weighted by molar-refractivity contribution is 5.87. The maximum Gasteiger partial charge on any atom is 0.233 e. The maximum absolute atomic E-state index is 14.9. The van der Waals surface area contributed by atoms with Gasteiger partial charge in [0.05, 0.1) is 31.4 Å². The average Bonchev–Trinajstić information content (AvgIpc) is 3.75. The van der Waals surface area contributed by atoms with E-state index < -0.39 is 0 Å². The van der Waals surface area contributed by atoms with Gasteiger partial charge in [-0.25, -0.2) is 14.4 Å². The molecular weight excluding hydrogens is 533 g/mol. The first kappa shape index (κ1) is 26.5. The molecule has 5 heterocycles. The van der Waals surface area contributed by atoms with E-state index in [9.17, 15) is 9.18 Å². The number of hydrogen-bond donors (Lipinski definition) is 3. The molecule has 1 aromatic carbocycles. The molecule has 5 aromatic rings. The van der Waals surface area contributed by atoms with Gasteiger partial charge in [-0.3, -0.25) is 9.69 Å². The van der Waals surface area contributed by atoms with Gasteiger partial charge in [-0.1, -0.05) is 0 Å². The summed E-state index contributed by atoms with van der Waals surface area (Å²) in [6.07, 6.45) is 3.30. The van der Waals surface area contributed by atoms with Crippen molar-refractivity contribution in [1.82, 2.24) is 39.3 Å². The number of nitrogen functional groups attached to an aromatic ring is 1. The van der Waals surface area contributed by atoms with Gasteiger partial charge in [-0.15, -0.1) is 5.10 Å². The van der Waals surface area contributed by atoms with E-state index in [1.165, 1.54) is 10.6 Å². The third-order valence-electron chi connectivity index (χ3n) is 6.98. The smallest absolute Gasteiger partial charge is 0.233 e. The molecule has 4 aromatic heterocycles.